The van der Waals surface area contributed by atoms with Gasteiger partial charge in [-0.3, -0.25) is 14.5 Å². The quantitative estimate of drug-likeness (QED) is 0.754. The zero-order valence-electron chi connectivity index (χ0n) is 14.7. The van der Waals surface area contributed by atoms with E-state index in [4.69, 9.17) is 16.3 Å². The smallest absolute Gasteiger partial charge is 0.254 e. The highest BCUT2D eigenvalue weighted by Gasteiger charge is 2.53. The first-order valence-electron chi connectivity index (χ1n) is 8.35. The van der Waals surface area contributed by atoms with Crippen molar-refractivity contribution in [3.63, 3.8) is 0 Å². The molecule has 0 aliphatic carbocycles. The van der Waals surface area contributed by atoms with E-state index in [1.807, 2.05) is 0 Å². The molecule has 0 fully saturated rings. The largest absolute Gasteiger partial charge is 0.464 e. The van der Waals surface area contributed by atoms with Crippen LogP contribution < -0.4 is 4.90 Å². The van der Waals surface area contributed by atoms with Gasteiger partial charge in [-0.1, -0.05) is 23.7 Å². The van der Waals surface area contributed by atoms with Crippen LogP contribution in [0.1, 0.15) is 18.1 Å². The number of halogens is 2. The Hall–Kier alpha value is -2.86. The number of benzene rings is 2. The molecule has 0 spiro atoms. The van der Waals surface area contributed by atoms with E-state index in [0.717, 1.165) is 0 Å². The van der Waals surface area contributed by atoms with Gasteiger partial charge in [0.2, 0.25) is 11.6 Å². The molecule has 4 rings (SSSR count). The topological polar surface area (TPSA) is 49.9 Å². The summed E-state index contributed by atoms with van der Waals surface area (Å²) in [5.74, 6) is -0.978. The average molecular weight is 387 g/mol. The predicted molar refractivity (Wildman–Crippen MR) is 98.6 cm³/mol. The van der Waals surface area contributed by atoms with E-state index < -0.39 is 17.4 Å². The van der Waals surface area contributed by atoms with Crippen LogP contribution in [0.25, 0.3) is 0 Å². The Kier molecular flexibility index (Phi) is 3.96. The normalized spacial score (nSPS) is 21.9. The van der Waals surface area contributed by atoms with E-state index in [9.17, 15) is 14.0 Å². The minimum Gasteiger partial charge on any atom is -0.464 e. The molecule has 2 aliphatic rings. The number of carbonyl (C=O) groups is 2. The first-order chi connectivity index (χ1) is 12.8. The molecule has 1 atom stereocenters. The fourth-order valence-corrected chi connectivity index (χ4v) is 3.82. The summed E-state index contributed by atoms with van der Waals surface area (Å²) in [6.07, 6.45) is 1.29. The maximum absolute atomic E-state index is 14.9. The SMILES string of the molecule is CC1=CC(=O)N2CC(=O)N(C)c3ccc(Cl)cc3C2(c2ccccc2F)O1. The molecule has 0 saturated carbocycles. The highest BCUT2D eigenvalue weighted by Crippen LogP contribution is 2.48. The predicted octanol–water partition coefficient (Wildman–Crippen LogP) is 3.42. The third-order valence-corrected chi connectivity index (χ3v) is 5.11. The van der Waals surface area contributed by atoms with Crippen molar-refractivity contribution >= 4 is 29.1 Å². The minimum absolute atomic E-state index is 0.136. The lowest BCUT2D eigenvalue weighted by molar-refractivity contribution is -0.162. The van der Waals surface area contributed by atoms with Gasteiger partial charge < -0.3 is 9.64 Å². The third kappa shape index (κ3) is 2.51. The van der Waals surface area contributed by atoms with Gasteiger partial charge in [-0.2, -0.15) is 0 Å². The van der Waals surface area contributed by atoms with Crippen molar-refractivity contribution in [2.24, 2.45) is 0 Å². The molecule has 2 amide bonds. The Morgan fingerprint density at radius 2 is 1.89 bits per heavy atom. The molecule has 0 radical (unpaired) electrons. The molecule has 1 unspecified atom stereocenters. The molecule has 7 heteroatoms. The molecule has 138 valence electrons. The van der Waals surface area contributed by atoms with Gasteiger partial charge in [-0.05, 0) is 37.3 Å². The number of amides is 2. The van der Waals surface area contributed by atoms with Crippen molar-refractivity contribution in [3.8, 4) is 0 Å². The summed E-state index contributed by atoms with van der Waals surface area (Å²) in [5, 5.41) is 0.385. The molecule has 0 saturated heterocycles. The van der Waals surface area contributed by atoms with Crippen LogP contribution in [-0.2, 0) is 20.1 Å². The Morgan fingerprint density at radius 1 is 1.15 bits per heavy atom. The lowest BCUT2D eigenvalue weighted by atomic mass is 9.89. The highest BCUT2D eigenvalue weighted by molar-refractivity contribution is 6.30. The van der Waals surface area contributed by atoms with Crippen molar-refractivity contribution < 1.29 is 18.7 Å². The number of anilines is 1. The Labute approximate surface area is 160 Å². The number of nitrogens with zero attached hydrogens (tertiary/aromatic N) is 2. The van der Waals surface area contributed by atoms with Gasteiger partial charge >= 0.3 is 0 Å². The van der Waals surface area contributed by atoms with Crippen LogP contribution >= 0.6 is 11.6 Å². The summed E-state index contributed by atoms with van der Waals surface area (Å²) >= 11 is 6.24. The van der Waals surface area contributed by atoms with E-state index in [1.54, 1.807) is 50.4 Å². The molecular formula is C20H16ClFN2O3. The van der Waals surface area contributed by atoms with Gasteiger partial charge in [0.25, 0.3) is 5.91 Å². The maximum atomic E-state index is 14.9. The first kappa shape index (κ1) is 17.5. The van der Waals surface area contributed by atoms with Crippen LogP contribution in [0.15, 0.2) is 54.3 Å². The molecular weight excluding hydrogens is 371 g/mol. The monoisotopic (exact) mass is 386 g/mol. The highest BCUT2D eigenvalue weighted by atomic mass is 35.5. The molecule has 5 nitrogen and oxygen atoms in total. The van der Waals surface area contributed by atoms with Gasteiger partial charge in [0.15, 0.2) is 0 Å². The van der Waals surface area contributed by atoms with Gasteiger partial charge in [-0.25, -0.2) is 4.39 Å². The summed E-state index contributed by atoms with van der Waals surface area (Å²) in [5.41, 5.74) is -0.577. The number of carbonyl (C=O) groups excluding carboxylic acids is 2. The molecule has 0 aromatic heterocycles. The standard InChI is InChI=1S/C20H16ClFN2O3/c1-12-9-18(25)24-11-19(26)23(2)17-8-7-13(21)10-15(17)20(24,27-12)14-5-3-4-6-16(14)22/h3-10H,11H2,1-2H3. The summed E-state index contributed by atoms with van der Waals surface area (Å²) in [7, 11) is 1.60. The summed E-state index contributed by atoms with van der Waals surface area (Å²) in [6, 6.07) is 11.0. The zero-order valence-corrected chi connectivity index (χ0v) is 15.5. The van der Waals surface area contributed by atoms with E-state index in [-0.39, 0.29) is 18.0 Å². The van der Waals surface area contributed by atoms with Crippen molar-refractivity contribution in [1.82, 2.24) is 4.90 Å². The molecule has 2 aromatic carbocycles. The van der Waals surface area contributed by atoms with Crippen LogP contribution in [0, 0.1) is 5.82 Å². The second kappa shape index (κ2) is 6.09. The van der Waals surface area contributed by atoms with E-state index in [2.05, 4.69) is 0 Å². The fourth-order valence-electron chi connectivity index (χ4n) is 3.64. The van der Waals surface area contributed by atoms with Crippen molar-refractivity contribution in [2.75, 3.05) is 18.5 Å². The second-order valence-electron chi connectivity index (χ2n) is 6.52. The van der Waals surface area contributed by atoms with Crippen LogP contribution in [0.2, 0.25) is 5.02 Å². The first-order valence-corrected chi connectivity index (χ1v) is 8.73. The third-order valence-electron chi connectivity index (χ3n) is 4.87. The van der Waals surface area contributed by atoms with Crippen LogP contribution in [0.5, 0.6) is 0 Å². The molecule has 0 bridgehead atoms. The second-order valence-corrected chi connectivity index (χ2v) is 6.96. The number of rotatable bonds is 1. The Morgan fingerprint density at radius 3 is 2.63 bits per heavy atom. The Bertz CT molecular complexity index is 1010. The fraction of sp³-hybridized carbons (Fsp3) is 0.200. The number of allylic oxidation sites excluding steroid dienone is 1. The van der Waals surface area contributed by atoms with Crippen molar-refractivity contribution in [1.29, 1.82) is 0 Å². The number of ether oxygens (including phenoxy) is 1. The average Bonchev–Trinajstić information content (AvgIpc) is 2.71. The number of hydrogen-bond donors (Lipinski definition) is 0. The van der Waals surface area contributed by atoms with Gasteiger partial charge in [-0.15, -0.1) is 0 Å². The number of hydrogen-bond acceptors (Lipinski definition) is 3. The van der Waals surface area contributed by atoms with Crippen molar-refractivity contribution in [3.05, 3.63) is 76.3 Å². The van der Waals surface area contributed by atoms with Crippen LogP contribution in [-0.4, -0.2) is 30.3 Å². The van der Waals surface area contributed by atoms with Crippen molar-refractivity contribution in [2.45, 2.75) is 12.6 Å². The minimum atomic E-state index is -1.64. The van der Waals surface area contributed by atoms with Crippen LogP contribution in [0.4, 0.5) is 10.1 Å². The lowest BCUT2D eigenvalue weighted by Crippen LogP contribution is -2.55. The zero-order chi connectivity index (χ0) is 19.3. The van der Waals surface area contributed by atoms with E-state index in [0.29, 0.717) is 22.0 Å². The number of fused-ring (bicyclic) bond motifs is 3. The van der Waals surface area contributed by atoms with E-state index in [1.165, 1.54) is 21.9 Å². The van der Waals surface area contributed by atoms with Gasteiger partial charge in [0.05, 0.1) is 11.3 Å². The van der Waals surface area contributed by atoms with Gasteiger partial charge in [0.1, 0.15) is 18.1 Å². The Balaban J connectivity index is 2.15. The summed E-state index contributed by atoms with van der Waals surface area (Å²) in [4.78, 5) is 28.3. The number of likely N-dealkylation sites (N-methyl/N-ethyl adjacent to an activating group) is 1. The van der Waals surface area contributed by atoms with E-state index >= 15 is 0 Å². The maximum Gasteiger partial charge on any atom is 0.254 e. The molecule has 2 heterocycles. The van der Waals surface area contributed by atoms with Crippen LogP contribution in [0.3, 0.4) is 0 Å². The molecule has 2 aliphatic heterocycles. The summed E-state index contributed by atoms with van der Waals surface area (Å²) in [6.45, 7) is 1.36. The molecule has 2 aromatic rings. The molecule has 27 heavy (non-hydrogen) atoms. The lowest BCUT2D eigenvalue weighted by Gasteiger charge is -2.45. The van der Waals surface area contributed by atoms with Gasteiger partial charge in [0, 0.05) is 23.7 Å². The summed E-state index contributed by atoms with van der Waals surface area (Å²) < 4.78 is 21.1. The molecule has 0 N–H and O–H groups in total.